The summed E-state index contributed by atoms with van der Waals surface area (Å²) in [6.07, 6.45) is 3.16. The van der Waals surface area contributed by atoms with E-state index in [1.54, 1.807) is 18.4 Å². The van der Waals surface area contributed by atoms with Gasteiger partial charge in [-0.1, -0.05) is 6.92 Å². The van der Waals surface area contributed by atoms with E-state index in [0.717, 1.165) is 31.1 Å². The summed E-state index contributed by atoms with van der Waals surface area (Å²) < 4.78 is 11.0. The third kappa shape index (κ3) is 2.23. The van der Waals surface area contributed by atoms with Crippen LogP contribution in [0.2, 0.25) is 0 Å². The first-order chi connectivity index (χ1) is 7.86. The summed E-state index contributed by atoms with van der Waals surface area (Å²) in [5.74, 6) is 1.97. The fraction of sp³-hybridized carbons (Fsp3) is 0.500. The van der Waals surface area contributed by atoms with E-state index >= 15 is 0 Å². The second kappa shape index (κ2) is 5.37. The molecular weight excluding hydrogens is 222 g/mol. The van der Waals surface area contributed by atoms with E-state index in [4.69, 9.17) is 9.47 Å². The number of nitrogens with one attached hydrogen (secondary N) is 1. The molecule has 1 aromatic heterocycles. The van der Waals surface area contributed by atoms with Crippen LogP contribution >= 0.6 is 11.3 Å². The van der Waals surface area contributed by atoms with Crippen LogP contribution in [-0.2, 0) is 4.74 Å². The molecule has 0 spiro atoms. The molecule has 1 aliphatic heterocycles. The van der Waals surface area contributed by atoms with Gasteiger partial charge in [0.15, 0.2) is 0 Å². The van der Waals surface area contributed by atoms with Gasteiger partial charge in [0.1, 0.15) is 17.6 Å². The molecule has 88 valence electrons. The van der Waals surface area contributed by atoms with E-state index in [0.29, 0.717) is 0 Å². The lowest BCUT2D eigenvalue weighted by molar-refractivity contribution is 0.215. The third-order valence-electron chi connectivity index (χ3n) is 2.56. The highest BCUT2D eigenvalue weighted by Crippen LogP contribution is 2.36. The van der Waals surface area contributed by atoms with Gasteiger partial charge in [0, 0.05) is 6.42 Å². The Kier molecular flexibility index (Phi) is 3.85. The Hall–Kier alpha value is -1.00. The van der Waals surface area contributed by atoms with Crippen molar-refractivity contribution in [2.75, 3.05) is 20.3 Å². The molecule has 0 amide bonds. The maximum Gasteiger partial charge on any atom is 0.134 e. The van der Waals surface area contributed by atoms with Crippen LogP contribution in [0.3, 0.4) is 0 Å². The van der Waals surface area contributed by atoms with E-state index in [9.17, 15) is 0 Å². The maximum absolute atomic E-state index is 5.64. The van der Waals surface area contributed by atoms with Gasteiger partial charge < -0.3 is 14.8 Å². The second-order valence-electron chi connectivity index (χ2n) is 3.59. The minimum Gasteiger partial charge on any atom is -0.496 e. The minimum absolute atomic E-state index is 0.141. The first kappa shape index (κ1) is 11.5. The van der Waals surface area contributed by atoms with Gasteiger partial charge in [-0.2, -0.15) is 0 Å². The SMILES string of the molecule is CCNC(C1=CCCO1)c1sccc1OC. The molecule has 0 aromatic carbocycles. The molecule has 16 heavy (non-hydrogen) atoms. The van der Waals surface area contributed by atoms with Gasteiger partial charge in [-0.05, 0) is 24.1 Å². The number of ether oxygens (including phenoxy) is 2. The molecule has 2 rings (SSSR count). The Balaban J connectivity index is 2.24. The average Bonchev–Trinajstić information content (AvgIpc) is 2.96. The first-order valence-corrected chi connectivity index (χ1v) is 6.42. The average molecular weight is 239 g/mol. The zero-order valence-corrected chi connectivity index (χ0v) is 10.5. The number of methoxy groups -OCH3 is 1. The predicted molar refractivity (Wildman–Crippen MR) is 65.9 cm³/mol. The molecule has 1 N–H and O–H groups in total. The second-order valence-corrected chi connectivity index (χ2v) is 4.54. The fourth-order valence-electron chi connectivity index (χ4n) is 1.85. The monoisotopic (exact) mass is 239 g/mol. The molecular formula is C12H17NO2S. The molecule has 1 unspecified atom stereocenters. The summed E-state index contributed by atoms with van der Waals surface area (Å²) in [5.41, 5.74) is 0. The highest BCUT2D eigenvalue weighted by molar-refractivity contribution is 7.10. The maximum atomic E-state index is 5.64. The van der Waals surface area contributed by atoms with Crippen molar-refractivity contribution in [3.8, 4) is 5.75 Å². The molecule has 0 saturated carbocycles. The summed E-state index contributed by atoms with van der Waals surface area (Å²) in [4.78, 5) is 1.19. The molecule has 4 heteroatoms. The van der Waals surface area contributed by atoms with Gasteiger partial charge in [0.05, 0.1) is 18.6 Å². The summed E-state index contributed by atoms with van der Waals surface area (Å²) in [5, 5.41) is 5.49. The van der Waals surface area contributed by atoms with E-state index in [1.165, 1.54) is 4.88 Å². The van der Waals surface area contributed by atoms with Crippen molar-refractivity contribution in [3.63, 3.8) is 0 Å². The van der Waals surface area contributed by atoms with Crippen molar-refractivity contribution in [3.05, 3.63) is 28.2 Å². The Morgan fingerprint density at radius 3 is 3.12 bits per heavy atom. The smallest absolute Gasteiger partial charge is 0.134 e. The molecule has 0 saturated heterocycles. The van der Waals surface area contributed by atoms with Crippen LogP contribution in [0.1, 0.15) is 24.3 Å². The number of hydrogen-bond donors (Lipinski definition) is 1. The summed E-state index contributed by atoms with van der Waals surface area (Å²) in [6.45, 7) is 3.81. The normalized spacial score (nSPS) is 16.8. The minimum atomic E-state index is 0.141. The highest BCUT2D eigenvalue weighted by atomic mass is 32.1. The zero-order chi connectivity index (χ0) is 11.4. The van der Waals surface area contributed by atoms with E-state index in [-0.39, 0.29) is 6.04 Å². The number of thiophene rings is 1. The molecule has 1 aromatic rings. The first-order valence-electron chi connectivity index (χ1n) is 5.54. The van der Waals surface area contributed by atoms with Crippen LogP contribution in [0, 0.1) is 0 Å². The van der Waals surface area contributed by atoms with E-state index in [1.807, 2.05) is 11.4 Å². The van der Waals surface area contributed by atoms with E-state index in [2.05, 4.69) is 18.3 Å². The Morgan fingerprint density at radius 2 is 2.50 bits per heavy atom. The molecule has 0 aliphatic carbocycles. The lowest BCUT2D eigenvalue weighted by Gasteiger charge is -2.18. The van der Waals surface area contributed by atoms with Gasteiger partial charge in [-0.15, -0.1) is 11.3 Å². The number of hydrogen-bond acceptors (Lipinski definition) is 4. The van der Waals surface area contributed by atoms with Crippen molar-refractivity contribution in [1.29, 1.82) is 0 Å². The van der Waals surface area contributed by atoms with Crippen molar-refractivity contribution in [2.45, 2.75) is 19.4 Å². The lowest BCUT2D eigenvalue weighted by Crippen LogP contribution is -2.22. The summed E-state index contributed by atoms with van der Waals surface area (Å²) in [6, 6.07) is 2.14. The third-order valence-corrected chi connectivity index (χ3v) is 3.53. The molecule has 1 aliphatic rings. The molecule has 0 radical (unpaired) electrons. The largest absolute Gasteiger partial charge is 0.496 e. The zero-order valence-electron chi connectivity index (χ0n) is 9.66. The molecule has 0 fully saturated rings. The molecule has 1 atom stereocenters. The Morgan fingerprint density at radius 1 is 1.62 bits per heavy atom. The van der Waals surface area contributed by atoms with Crippen LogP contribution < -0.4 is 10.1 Å². The number of rotatable bonds is 5. The summed E-state index contributed by atoms with van der Waals surface area (Å²) >= 11 is 1.70. The Labute approximate surface area is 100 Å². The van der Waals surface area contributed by atoms with Crippen molar-refractivity contribution < 1.29 is 9.47 Å². The van der Waals surface area contributed by atoms with Gasteiger partial charge in [-0.25, -0.2) is 0 Å². The van der Waals surface area contributed by atoms with Crippen molar-refractivity contribution in [1.82, 2.24) is 5.32 Å². The van der Waals surface area contributed by atoms with Crippen molar-refractivity contribution >= 4 is 11.3 Å². The topological polar surface area (TPSA) is 30.5 Å². The van der Waals surface area contributed by atoms with Gasteiger partial charge >= 0.3 is 0 Å². The van der Waals surface area contributed by atoms with Crippen molar-refractivity contribution in [2.24, 2.45) is 0 Å². The molecule has 0 bridgehead atoms. The fourth-order valence-corrected chi connectivity index (χ4v) is 2.79. The molecule has 3 nitrogen and oxygen atoms in total. The Bertz CT molecular complexity index is 373. The number of likely N-dealkylation sites (N-methyl/N-ethyl adjacent to an activating group) is 1. The van der Waals surface area contributed by atoms with Gasteiger partial charge in [-0.3, -0.25) is 0 Å². The van der Waals surface area contributed by atoms with Crippen LogP contribution in [0.25, 0.3) is 0 Å². The van der Waals surface area contributed by atoms with E-state index < -0.39 is 0 Å². The summed E-state index contributed by atoms with van der Waals surface area (Å²) in [7, 11) is 1.71. The highest BCUT2D eigenvalue weighted by Gasteiger charge is 2.24. The quantitative estimate of drug-likeness (QED) is 0.857. The molecule has 2 heterocycles. The van der Waals surface area contributed by atoms with Crippen LogP contribution in [0.4, 0.5) is 0 Å². The van der Waals surface area contributed by atoms with Gasteiger partial charge in [0.2, 0.25) is 0 Å². The van der Waals surface area contributed by atoms with Gasteiger partial charge in [0.25, 0.3) is 0 Å². The van der Waals surface area contributed by atoms with Crippen LogP contribution in [0.15, 0.2) is 23.3 Å². The predicted octanol–water partition coefficient (Wildman–Crippen LogP) is 2.71. The lowest BCUT2D eigenvalue weighted by atomic mass is 10.2. The van der Waals surface area contributed by atoms with Crippen LogP contribution in [-0.4, -0.2) is 20.3 Å². The van der Waals surface area contributed by atoms with Crippen LogP contribution in [0.5, 0.6) is 5.75 Å². The standard InChI is InChI=1S/C12H17NO2S/c1-3-13-11(9-5-4-7-15-9)12-10(14-2)6-8-16-12/h5-6,8,11,13H,3-4,7H2,1-2H3.